The molecule has 2 aromatic rings. The van der Waals surface area contributed by atoms with Crippen molar-refractivity contribution >= 4 is 5.91 Å². The summed E-state index contributed by atoms with van der Waals surface area (Å²) in [5.74, 6) is -0.527. The number of carbonyl (C=O) groups excluding carboxylic acids is 1. The number of piperidine rings is 1. The van der Waals surface area contributed by atoms with Gasteiger partial charge in [0.1, 0.15) is 5.75 Å². The number of rotatable bonds is 4. The molecule has 1 fully saturated rings. The number of hydrogen-bond acceptors (Lipinski definition) is 4. The molecule has 9 heteroatoms. The van der Waals surface area contributed by atoms with Gasteiger partial charge < -0.3 is 19.3 Å². The molecule has 1 atom stereocenters. The van der Waals surface area contributed by atoms with Crippen LogP contribution in [0.3, 0.4) is 0 Å². The molecule has 6 nitrogen and oxygen atoms in total. The highest BCUT2D eigenvalue weighted by Gasteiger charge is 2.57. The largest absolute Gasteiger partial charge is 0.497 e. The van der Waals surface area contributed by atoms with E-state index in [1.54, 1.807) is 19.6 Å². The summed E-state index contributed by atoms with van der Waals surface area (Å²) in [5, 5.41) is 9.62. The molecular formula is C19H22F3N3O3. The van der Waals surface area contributed by atoms with Crippen molar-refractivity contribution in [1.29, 1.82) is 0 Å². The van der Waals surface area contributed by atoms with E-state index < -0.39 is 17.7 Å². The molecule has 0 spiro atoms. The maximum Gasteiger partial charge on any atom is 0.426 e. The number of alkyl halides is 3. The molecule has 1 aliphatic heterocycles. The molecule has 0 aliphatic carbocycles. The number of nitrogens with zero attached hydrogens (tertiary/aromatic N) is 3. The van der Waals surface area contributed by atoms with Crippen molar-refractivity contribution in [2.24, 2.45) is 0 Å². The highest BCUT2D eigenvalue weighted by Crippen LogP contribution is 2.35. The molecule has 0 unspecified atom stereocenters. The van der Waals surface area contributed by atoms with Crippen LogP contribution in [0.1, 0.15) is 31.4 Å². The van der Waals surface area contributed by atoms with Crippen LogP contribution in [0, 0.1) is 0 Å². The van der Waals surface area contributed by atoms with E-state index in [2.05, 4.69) is 4.98 Å². The zero-order chi connectivity index (χ0) is 20.5. The molecule has 2 heterocycles. The minimum atomic E-state index is -5.01. The summed E-state index contributed by atoms with van der Waals surface area (Å²) in [4.78, 5) is 17.4. The number of carbonyl (C=O) groups is 1. The fraction of sp³-hybridized carbons (Fsp3) is 0.474. The normalized spacial score (nSPS) is 18.0. The third-order valence-electron chi connectivity index (χ3n) is 5.19. The van der Waals surface area contributed by atoms with Gasteiger partial charge >= 0.3 is 6.18 Å². The standard InChI is InChI=1S/C19H22F3N3O3/c1-18(27,19(20,21)22)17(26)24-9-7-13(8-10-24)16-11-23-12-25(16)14-3-5-15(28-2)6-4-14/h3-6,11-13,27H,7-10H2,1-2H3/t18-/m1/s1. The first-order chi connectivity index (χ1) is 13.1. The molecule has 3 rings (SSSR count). The van der Waals surface area contributed by atoms with Gasteiger partial charge in [0.25, 0.3) is 5.91 Å². The number of hydrogen-bond donors (Lipinski definition) is 1. The smallest absolute Gasteiger partial charge is 0.426 e. The Bertz CT molecular complexity index is 823. The predicted molar refractivity (Wildman–Crippen MR) is 95.3 cm³/mol. The lowest BCUT2D eigenvalue weighted by molar-refractivity contribution is -0.250. The molecule has 1 saturated heterocycles. The molecule has 1 aromatic heterocycles. The van der Waals surface area contributed by atoms with Gasteiger partial charge in [0.2, 0.25) is 5.60 Å². The van der Waals surface area contributed by atoms with Crippen LogP contribution in [0.2, 0.25) is 0 Å². The Hall–Kier alpha value is -2.55. The first kappa shape index (κ1) is 20.2. The first-order valence-electron chi connectivity index (χ1n) is 8.90. The van der Waals surface area contributed by atoms with Crippen molar-refractivity contribution in [3.05, 3.63) is 42.5 Å². The Morgan fingerprint density at radius 1 is 1.21 bits per heavy atom. The van der Waals surface area contributed by atoms with Gasteiger partial charge in [-0.2, -0.15) is 13.2 Å². The van der Waals surface area contributed by atoms with Crippen LogP contribution < -0.4 is 4.74 Å². The Labute approximate surface area is 160 Å². The number of aliphatic hydroxyl groups is 1. The van der Waals surface area contributed by atoms with Crippen LogP contribution in [0.15, 0.2) is 36.8 Å². The van der Waals surface area contributed by atoms with Gasteiger partial charge in [-0.1, -0.05) is 0 Å². The number of halogens is 3. The van der Waals surface area contributed by atoms with Crippen LogP contribution in [-0.4, -0.2) is 57.4 Å². The second-order valence-electron chi connectivity index (χ2n) is 7.02. The average molecular weight is 397 g/mol. The highest BCUT2D eigenvalue weighted by atomic mass is 19.4. The number of imidazole rings is 1. The van der Waals surface area contributed by atoms with Crippen molar-refractivity contribution in [3.63, 3.8) is 0 Å². The second kappa shape index (κ2) is 7.46. The van der Waals surface area contributed by atoms with Gasteiger partial charge in [0.15, 0.2) is 0 Å². The van der Waals surface area contributed by atoms with Gasteiger partial charge in [-0.05, 0) is 44.0 Å². The summed E-state index contributed by atoms with van der Waals surface area (Å²) in [6.07, 6.45) is -0.613. The number of benzene rings is 1. The summed E-state index contributed by atoms with van der Waals surface area (Å²) in [7, 11) is 1.59. The summed E-state index contributed by atoms with van der Waals surface area (Å²) in [6.45, 7) is 0.785. The van der Waals surface area contributed by atoms with Gasteiger partial charge in [-0.25, -0.2) is 4.98 Å². The summed E-state index contributed by atoms with van der Waals surface area (Å²) in [5.41, 5.74) is -1.54. The molecule has 28 heavy (non-hydrogen) atoms. The predicted octanol–water partition coefficient (Wildman–Crippen LogP) is 2.90. The Kier molecular flexibility index (Phi) is 5.38. The van der Waals surface area contributed by atoms with E-state index in [-0.39, 0.29) is 19.0 Å². The van der Waals surface area contributed by atoms with Crippen molar-refractivity contribution in [2.75, 3.05) is 20.2 Å². The number of likely N-dealkylation sites (tertiary alicyclic amines) is 1. The van der Waals surface area contributed by atoms with Crippen LogP contribution in [0.4, 0.5) is 13.2 Å². The van der Waals surface area contributed by atoms with Crippen molar-refractivity contribution in [1.82, 2.24) is 14.5 Å². The van der Waals surface area contributed by atoms with Crippen molar-refractivity contribution in [3.8, 4) is 11.4 Å². The molecular weight excluding hydrogens is 375 g/mol. The van der Waals surface area contributed by atoms with Crippen LogP contribution in [0.5, 0.6) is 5.75 Å². The van der Waals surface area contributed by atoms with Crippen LogP contribution in [-0.2, 0) is 4.79 Å². The topological polar surface area (TPSA) is 67.6 Å². The van der Waals surface area contributed by atoms with E-state index in [0.29, 0.717) is 19.8 Å². The lowest BCUT2D eigenvalue weighted by Gasteiger charge is -2.36. The highest BCUT2D eigenvalue weighted by molar-refractivity contribution is 5.85. The Morgan fingerprint density at radius 2 is 1.82 bits per heavy atom. The fourth-order valence-electron chi connectivity index (χ4n) is 3.37. The lowest BCUT2D eigenvalue weighted by atomic mass is 9.92. The SMILES string of the molecule is COc1ccc(-n2cncc2C2CCN(C(=O)[C@@](C)(O)C(F)(F)F)CC2)cc1. The van der Waals surface area contributed by atoms with Crippen molar-refractivity contribution in [2.45, 2.75) is 37.5 Å². The van der Waals surface area contributed by atoms with Gasteiger partial charge in [0.05, 0.1) is 13.4 Å². The average Bonchev–Trinajstić information content (AvgIpc) is 3.16. The second-order valence-corrected chi connectivity index (χ2v) is 7.02. The third-order valence-corrected chi connectivity index (χ3v) is 5.19. The van der Waals surface area contributed by atoms with E-state index in [0.717, 1.165) is 22.0 Å². The number of amides is 1. The zero-order valence-electron chi connectivity index (χ0n) is 15.6. The Balaban J connectivity index is 1.71. The van der Waals surface area contributed by atoms with E-state index in [1.807, 2.05) is 28.8 Å². The van der Waals surface area contributed by atoms with Gasteiger partial charge in [-0.3, -0.25) is 4.79 Å². The number of ether oxygens (including phenoxy) is 1. The number of methoxy groups -OCH3 is 1. The van der Waals surface area contributed by atoms with Crippen LogP contribution >= 0.6 is 0 Å². The monoisotopic (exact) mass is 397 g/mol. The molecule has 1 aliphatic rings. The minimum absolute atomic E-state index is 0.0458. The summed E-state index contributed by atoms with van der Waals surface area (Å²) >= 11 is 0. The van der Waals surface area contributed by atoms with Crippen LogP contribution in [0.25, 0.3) is 5.69 Å². The van der Waals surface area contributed by atoms with E-state index >= 15 is 0 Å². The maximum absolute atomic E-state index is 12.9. The molecule has 1 amide bonds. The lowest BCUT2D eigenvalue weighted by Crippen LogP contribution is -2.57. The first-order valence-corrected chi connectivity index (χ1v) is 8.90. The van der Waals surface area contributed by atoms with Gasteiger partial charge in [0, 0.05) is 36.6 Å². The molecule has 0 radical (unpaired) electrons. The molecule has 152 valence electrons. The Morgan fingerprint density at radius 3 is 2.36 bits per heavy atom. The maximum atomic E-state index is 12.9. The quantitative estimate of drug-likeness (QED) is 0.862. The van der Waals surface area contributed by atoms with Gasteiger partial charge in [-0.15, -0.1) is 0 Å². The molecule has 0 saturated carbocycles. The van der Waals surface area contributed by atoms with E-state index in [1.165, 1.54) is 0 Å². The van der Waals surface area contributed by atoms with Crippen molar-refractivity contribution < 1.29 is 27.8 Å². The van der Waals surface area contributed by atoms with E-state index in [9.17, 15) is 23.1 Å². The zero-order valence-corrected chi connectivity index (χ0v) is 15.6. The number of aromatic nitrogens is 2. The fourth-order valence-corrected chi connectivity index (χ4v) is 3.37. The third kappa shape index (κ3) is 3.71. The minimum Gasteiger partial charge on any atom is -0.497 e. The molecule has 0 bridgehead atoms. The molecule has 1 N–H and O–H groups in total. The summed E-state index contributed by atoms with van der Waals surface area (Å²) in [6, 6.07) is 7.45. The summed E-state index contributed by atoms with van der Waals surface area (Å²) < 4.78 is 45.8. The molecule has 1 aromatic carbocycles. The van der Waals surface area contributed by atoms with E-state index in [4.69, 9.17) is 4.74 Å².